The summed E-state index contributed by atoms with van der Waals surface area (Å²) >= 11 is 0. The highest BCUT2D eigenvalue weighted by atomic mass is 16.5. The third-order valence-corrected chi connectivity index (χ3v) is 4.99. The Bertz CT molecular complexity index is 807. The van der Waals surface area contributed by atoms with Gasteiger partial charge in [0.05, 0.1) is 34.8 Å². The molecule has 1 saturated heterocycles. The summed E-state index contributed by atoms with van der Waals surface area (Å²) in [6.07, 6.45) is 2.59. The second kappa shape index (κ2) is 6.07. The molecule has 2 aromatic heterocycles. The van der Waals surface area contributed by atoms with Gasteiger partial charge in [-0.25, -0.2) is 0 Å². The van der Waals surface area contributed by atoms with Crippen molar-refractivity contribution in [2.24, 2.45) is 0 Å². The number of pyridine rings is 2. The van der Waals surface area contributed by atoms with E-state index in [1.165, 1.54) is 0 Å². The van der Waals surface area contributed by atoms with Crippen LogP contribution in [-0.2, 0) is 4.74 Å². The number of piperidine rings is 1. The highest BCUT2D eigenvalue weighted by Gasteiger charge is 2.31. The van der Waals surface area contributed by atoms with Gasteiger partial charge >= 0.3 is 0 Å². The molecule has 1 aliphatic rings. The molecule has 7 heteroatoms. The van der Waals surface area contributed by atoms with Gasteiger partial charge in [-0.1, -0.05) is 0 Å². The van der Waals surface area contributed by atoms with E-state index in [2.05, 4.69) is 21.8 Å². The fourth-order valence-corrected chi connectivity index (χ4v) is 3.19. The van der Waals surface area contributed by atoms with Gasteiger partial charge in [0, 0.05) is 25.6 Å². The van der Waals surface area contributed by atoms with Gasteiger partial charge in [0.15, 0.2) is 0 Å². The number of hydrogen-bond donors (Lipinski definition) is 3. The monoisotopic (exact) mass is 332 g/mol. The van der Waals surface area contributed by atoms with Gasteiger partial charge in [-0.15, -0.1) is 0 Å². The number of aromatic nitrogens is 2. The summed E-state index contributed by atoms with van der Waals surface area (Å²) in [4.78, 5) is 21.3. The minimum Gasteiger partial charge on any atom is -0.393 e. The van der Waals surface area contributed by atoms with Crippen LogP contribution < -0.4 is 16.2 Å². The van der Waals surface area contributed by atoms with Crippen molar-refractivity contribution in [1.29, 1.82) is 0 Å². The zero-order valence-corrected chi connectivity index (χ0v) is 14.3. The van der Waals surface area contributed by atoms with Crippen molar-refractivity contribution < 1.29 is 9.84 Å². The molecule has 0 radical (unpaired) electrons. The zero-order valence-electron chi connectivity index (χ0n) is 14.3. The zero-order chi connectivity index (χ0) is 17.5. The van der Waals surface area contributed by atoms with Gasteiger partial charge in [0.25, 0.3) is 5.56 Å². The Morgan fingerprint density at radius 1 is 1.46 bits per heavy atom. The number of aromatic amines is 1. The molecular formula is C17H24N4O3. The minimum atomic E-state index is -0.687. The molecule has 0 unspecified atom stereocenters. The molecule has 3 rings (SSSR count). The third-order valence-electron chi connectivity index (χ3n) is 4.99. The topological polar surface area (TPSA) is 104 Å². The van der Waals surface area contributed by atoms with Crippen LogP contribution in [0.5, 0.6) is 0 Å². The van der Waals surface area contributed by atoms with Crippen molar-refractivity contribution >= 4 is 22.3 Å². The molecule has 7 nitrogen and oxygen atoms in total. The van der Waals surface area contributed by atoms with E-state index in [1.807, 2.05) is 0 Å². The van der Waals surface area contributed by atoms with Crippen LogP contribution in [-0.4, -0.2) is 40.9 Å². The van der Waals surface area contributed by atoms with Crippen molar-refractivity contribution in [2.45, 2.75) is 38.4 Å². The van der Waals surface area contributed by atoms with E-state index < -0.39 is 6.10 Å². The van der Waals surface area contributed by atoms with Gasteiger partial charge in [-0.2, -0.15) is 0 Å². The van der Waals surface area contributed by atoms with Gasteiger partial charge < -0.3 is 25.5 Å². The molecule has 0 amide bonds. The van der Waals surface area contributed by atoms with Crippen molar-refractivity contribution in [1.82, 2.24) is 9.97 Å². The molecule has 3 heterocycles. The van der Waals surface area contributed by atoms with E-state index in [0.29, 0.717) is 11.2 Å². The molecule has 130 valence electrons. The van der Waals surface area contributed by atoms with Crippen LogP contribution in [0.3, 0.4) is 0 Å². The maximum atomic E-state index is 12.2. The Balaban J connectivity index is 2.10. The van der Waals surface area contributed by atoms with Crippen LogP contribution in [0.15, 0.2) is 17.1 Å². The number of nitrogens with two attached hydrogens (primary N) is 1. The quantitative estimate of drug-likeness (QED) is 0.788. The smallest absolute Gasteiger partial charge is 0.273 e. The average Bonchev–Trinajstić information content (AvgIpc) is 2.57. The first-order valence-electron chi connectivity index (χ1n) is 8.14. The summed E-state index contributed by atoms with van der Waals surface area (Å²) in [5.41, 5.74) is 7.73. The lowest BCUT2D eigenvalue weighted by molar-refractivity contribution is -0.0132. The molecule has 0 spiro atoms. The number of rotatable bonds is 3. The number of fused-ring (bicyclic) bond motifs is 1. The largest absolute Gasteiger partial charge is 0.393 e. The number of aliphatic hydroxyl groups excluding tert-OH is 1. The lowest BCUT2D eigenvalue weighted by atomic mass is 9.92. The summed E-state index contributed by atoms with van der Waals surface area (Å²) < 4.78 is 5.59. The summed E-state index contributed by atoms with van der Waals surface area (Å²) in [5.74, 6) is 0. The molecule has 1 fully saturated rings. The minimum absolute atomic E-state index is 0.144. The first-order valence-corrected chi connectivity index (χ1v) is 8.14. The predicted octanol–water partition coefficient (Wildman–Crippen LogP) is 1.56. The van der Waals surface area contributed by atoms with Gasteiger partial charge in [0.2, 0.25) is 0 Å². The Morgan fingerprint density at radius 3 is 2.71 bits per heavy atom. The van der Waals surface area contributed by atoms with Gasteiger partial charge in [0.1, 0.15) is 5.69 Å². The first-order chi connectivity index (χ1) is 11.3. The van der Waals surface area contributed by atoms with Crippen molar-refractivity contribution in [3.05, 3.63) is 28.3 Å². The number of hydrogen-bond acceptors (Lipinski definition) is 6. The molecule has 0 bridgehead atoms. The summed E-state index contributed by atoms with van der Waals surface area (Å²) in [5, 5.41) is 10.6. The number of nitrogen functional groups attached to an aromatic ring is 1. The number of ether oxygens (including phenoxy) is 1. The fourth-order valence-electron chi connectivity index (χ4n) is 3.19. The normalized spacial score (nSPS) is 18.8. The molecule has 0 aromatic carbocycles. The van der Waals surface area contributed by atoms with E-state index in [-0.39, 0.29) is 16.8 Å². The highest BCUT2D eigenvalue weighted by Crippen LogP contribution is 2.35. The maximum Gasteiger partial charge on any atom is 0.273 e. The van der Waals surface area contributed by atoms with E-state index >= 15 is 0 Å². The number of H-pyrrole nitrogens is 1. The van der Waals surface area contributed by atoms with Crippen LogP contribution in [0.1, 0.15) is 38.5 Å². The molecule has 1 aliphatic heterocycles. The molecule has 24 heavy (non-hydrogen) atoms. The van der Waals surface area contributed by atoms with Crippen LogP contribution in [0.4, 0.5) is 11.4 Å². The van der Waals surface area contributed by atoms with Gasteiger partial charge in [-0.05, 0) is 32.8 Å². The molecule has 2 aromatic rings. The van der Waals surface area contributed by atoms with E-state index in [0.717, 1.165) is 37.0 Å². The van der Waals surface area contributed by atoms with Crippen LogP contribution in [0, 0.1) is 0 Å². The van der Waals surface area contributed by atoms with E-state index in [1.54, 1.807) is 26.3 Å². The van der Waals surface area contributed by atoms with E-state index in [4.69, 9.17) is 10.5 Å². The Labute approximate surface area is 140 Å². The Hall–Kier alpha value is -2.12. The lowest BCUT2D eigenvalue weighted by Gasteiger charge is -2.40. The molecule has 0 saturated carbocycles. The number of nitrogens with one attached hydrogen (secondary N) is 1. The summed E-state index contributed by atoms with van der Waals surface area (Å²) in [7, 11) is 1.73. The summed E-state index contributed by atoms with van der Waals surface area (Å²) in [6, 6.07) is 1.80. The maximum absolute atomic E-state index is 12.2. The van der Waals surface area contributed by atoms with Crippen molar-refractivity contribution in [3.63, 3.8) is 0 Å². The molecule has 1 atom stereocenters. The number of nitrogens with zero attached hydrogens (tertiary/aromatic N) is 2. The van der Waals surface area contributed by atoms with Crippen LogP contribution in [0.2, 0.25) is 0 Å². The average molecular weight is 332 g/mol. The summed E-state index contributed by atoms with van der Waals surface area (Å²) in [6.45, 7) is 5.26. The molecule has 4 N–H and O–H groups in total. The van der Waals surface area contributed by atoms with E-state index in [9.17, 15) is 9.90 Å². The van der Waals surface area contributed by atoms with Crippen molar-refractivity contribution in [3.8, 4) is 0 Å². The van der Waals surface area contributed by atoms with Crippen molar-refractivity contribution in [2.75, 3.05) is 30.8 Å². The van der Waals surface area contributed by atoms with Crippen LogP contribution in [0.25, 0.3) is 10.9 Å². The second-order valence-electron chi connectivity index (χ2n) is 6.69. The number of aliphatic hydroxyl groups is 1. The lowest BCUT2D eigenvalue weighted by Crippen LogP contribution is -2.44. The molecule has 0 aliphatic carbocycles. The highest BCUT2D eigenvalue weighted by molar-refractivity contribution is 5.97. The standard InChI is InChI=1S/C17H24N4O3/c1-10(22)12-8-11-13(9-19-12)20-16(23)14(18)15(11)21-6-4-17(2,24-3)5-7-21/h8-10,22H,4-7,18H2,1-3H3,(H,20,23)/t10-/m0/s1. The first kappa shape index (κ1) is 16.7. The fraction of sp³-hybridized carbons (Fsp3) is 0.529. The predicted molar refractivity (Wildman–Crippen MR) is 94.3 cm³/mol. The van der Waals surface area contributed by atoms with Gasteiger partial charge in [-0.3, -0.25) is 9.78 Å². The molecular weight excluding hydrogens is 308 g/mol. The Morgan fingerprint density at radius 2 is 2.12 bits per heavy atom. The third kappa shape index (κ3) is 2.85. The second-order valence-corrected chi connectivity index (χ2v) is 6.69. The SMILES string of the molecule is COC1(C)CCN(c2c(N)c(=O)[nH]c3cnc([C@H](C)O)cc23)CC1. The number of anilines is 2. The van der Waals surface area contributed by atoms with Crippen LogP contribution >= 0.6 is 0 Å². The Kier molecular flexibility index (Phi) is 4.23. The number of methoxy groups -OCH3 is 1.